The van der Waals surface area contributed by atoms with Crippen molar-refractivity contribution in [2.75, 3.05) is 5.75 Å². The highest BCUT2D eigenvalue weighted by molar-refractivity contribution is 7.92. The third-order valence-corrected chi connectivity index (χ3v) is 5.85. The van der Waals surface area contributed by atoms with E-state index in [1.165, 1.54) is 12.1 Å². The maximum absolute atomic E-state index is 12.9. The Labute approximate surface area is 111 Å². The van der Waals surface area contributed by atoms with Gasteiger partial charge in [-0.3, -0.25) is 0 Å². The van der Waals surface area contributed by atoms with Gasteiger partial charge in [0.25, 0.3) is 0 Å². The minimum absolute atomic E-state index is 0.0640. The van der Waals surface area contributed by atoms with Gasteiger partial charge in [0.1, 0.15) is 5.82 Å². The fourth-order valence-electron chi connectivity index (χ4n) is 2.34. The van der Waals surface area contributed by atoms with E-state index in [4.69, 9.17) is 18.0 Å². The molecular formula is C12H14FNO2S2. The van der Waals surface area contributed by atoms with Crippen LogP contribution < -0.4 is 5.73 Å². The maximum Gasteiger partial charge on any atom is 0.154 e. The Balaban J connectivity index is 2.33. The second-order valence-electron chi connectivity index (χ2n) is 4.42. The van der Waals surface area contributed by atoms with E-state index in [0.717, 1.165) is 5.56 Å². The van der Waals surface area contributed by atoms with Gasteiger partial charge in [0.15, 0.2) is 9.84 Å². The van der Waals surface area contributed by atoms with Crippen molar-refractivity contribution in [1.29, 1.82) is 0 Å². The van der Waals surface area contributed by atoms with Crippen LogP contribution in [0.4, 0.5) is 4.39 Å². The minimum Gasteiger partial charge on any atom is -0.393 e. The second kappa shape index (κ2) is 4.59. The number of thiocarbonyl (C=S) groups is 1. The lowest BCUT2D eigenvalue weighted by Gasteiger charge is -2.00. The van der Waals surface area contributed by atoms with Crippen molar-refractivity contribution in [1.82, 2.24) is 0 Å². The van der Waals surface area contributed by atoms with Crippen molar-refractivity contribution in [3.05, 3.63) is 35.6 Å². The van der Waals surface area contributed by atoms with E-state index in [1.807, 2.05) is 0 Å². The molecule has 0 unspecified atom stereocenters. The minimum atomic E-state index is -3.19. The van der Waals surface area contributed by atoms with Crippen molar-refractivity contribution < 1.29 is 12.8 Å². The molecule has 6 heteroatoms. The highest BCUT2D eigenvalue weighted by Crippen LogP contribution is 2.52. The normalized spacial score (nSPS) is 26.9. The Morgan fingerprint density at radius 2 is 1.94 bits per heavy atom. The van der Waals surface area contributed by atoms with E-state index in [1.54, 1.807) is 19.1 Å². The quantitative estimate of drug-likeness (QED) is 0.855. The summed E-state index contributed by atoms with van der Waals surface area (Å²) in [5.41, 5.74) is 6.36. The zero-order valence-electron chi connectivity index (χ0n) is 9.84. The first-order valence-electron chi connectivity index (χ1n) is 5.65. The van der Waals surface area contributed by atoms with Gasteiger partial charge in [-0.05, 0) is 17.7 Å². The van der Waals surface area contributed by atoms with Crippen LogP contribution in [0.1, 0.15) is 18.4 Å². The van der Waals surface area contributed by atoms with Crippen molar-refractivity contribution >= 4 is 27.0 Å². The van der Waals surface area contributed by atoms with Gasteiger partial charge >= 0.3 is 0 Å². The smallest absolute Gasteiger partial charge is 0.154 e. The average molecular weight is 287 g/mol. The summed E-state index contributed by atoms with van der Waals surface area (Å²) in [6.07, 6.45) is 0. The van der Waals surface area contributed by atoms with Crippen LogP contribution in [0, 0.1) is 11.7 Å². The molecule has 0 amide bonds. The number of sulfone groups is 1. The molecule has 1 fully saturated rings. The first-order valence-corrected chi connectivity index (χ1v) is 7.77. The highest BCUT2D eigenvalue weighted by Gasteiger charge is 2.59. The molecule has 18 heavy (non-hydrogen) atoms. The predicted octanol–water partition coefficient (Wildman–Crippen LogP) is 1.63. The fraction of sp³-hybridized carbons (Fsp3) is 0.417. The number of benzene rings is 1. The largest absolute Gasteiger partial charge is 0.393 e. The van der Waals surface area contributed by atoms with Crippen LogP contribution in [0.3, 0.4) is 0 Å². The summed E-state index contributed by atoms with van der Waals surface area (Å²) < 4.78 is 36.7. The van der Waals surface area contributed by atoms with Crippen LogP contribution in [0.5, 0.6) is 0 Å². The van der Waals surface area contributed by atoms with Gasteiger partial charge in [-0.1, -0.05) is 31.3 Å². The molecule has 1 aliphatic rings. The van der Waals surface area contributed by atoms with Gasteiger partial charge in [-0.25, -0.2) is 12.8 Å². The molecule has 98 valence electrons. The number of hydrogen-bond acceptors (Lipinski definition) is 3. The number of halogens is 1. The Hall–Kier alpha value is -1.01. The summed E-state index contributed by atoms with van der Waals surface area (Å²) >= 11 is 4.92. The Morgan fingerprint density at radius 3 is 2.39 bits per heavy atom. The molecule has 2 rings (SSSR count). The average Bonchev–Trinajstić information content (AvgIpc) is 3.06. The van der Waals surface area contributed by atoms with Crippen LogP contribution in [-0.2, 0) is 9.84 Å². The highest BCUT2D eigenvalue weighted by atomic mass is 32.2. The van der Waals surface area contributed by atoms with Crippen LogP contribution >= 0.6 is 12.2 Å². The molecule has 0 aromatic heterocycles. The Kier molecular flexibility index (Phi) is 3.42. The standard InChI is InChI=1S/C12H14FNO2S2/c1-2-18(15,16)11-9(10(11)12(14)17)7-3-5-8(13)6-4-7/h3-6,9-11H,2H2,1H3,(H2,14,17)/t9-,10+,11+/m1/s1. The van der Waals surface area contributed by atoms with Crippen LogP contribution in [-0.4, -0.2) is 24.4 Å². The van der Waals surface area contributed by atoms with Gasteiger partial charge in [0.05, 0.1) is 10.2 Å². The zero-order valence-corrected chi connectivity index (χ0v) is 11.5. The second-order valence-corrected chi connectivity index (χ2v) is 7.34. The summed E-state index contributed by atoms with van der Waals surface area (Å²) in [6.45, 7) is 1.60. The third-order valence-electron chi connectivity index (χ3n) is 3.35. The summed E-state index contributed by atoms with van der Waals surface area (Å²) in [6, 6.07) is 5.83. The van der Waals surface area contributed by atoms with Crippen molar-refractivity contribution in [2.45, 2.75) is 18.1 Å². The Morgan fingerprint density at radius 1 is 1.39 bits per heavy atom. The van der Waals surface area contributed by atoms with E-state index in [0.29, 0.717) is 0 Å². The van der Waals surface area contributed by atoms with Crippen LogP contribution in [0.25, 0.3) is 0 Å². The first kappa shape index (κ1) is 13.4. The van der Waals surface area contributed by atoms with Gasteiger partial charge in [-0.15, -0.1) is 0 Å². The molecule has 0 bridgehead atoms. The SMILES string of the molecule is CCS(=O)(=O)[C@@H]1[C@@H](C(N)=S)[C@H]1c1ccc(F)cc1. The number of hydrogen-bond donors (Lipinski definition) is 1. The summed E-state index contributed by atoms with van der Waals surface area (Å²) in [7, 11) is -3.19. The maximum atomic E-state index is 12.9. The molecule has 1 aromatic rings. The molecule has 3 atom stereocenters. The molecule has 0 saturated heterocycles. The Bertz CT molecular complexity index is 568. The molecule has 2 N–H and O–H groups in total. The van der Waals surface area contributed by atoms with Gasteiger partial charge in [0.2, 0.25) is 0 Å². The van der Waals surface area contributed by atoms with Crippen LogP contribution in [0.2, 0.25) is 0 Å². The zero-order chi connectivity index (χ0) is 13.5. The van der Waals surface area contributed by atoms with E-state index in [9.17, 15) is 12.8 Å². The lowest BCUT2D eigenvalue weighted by molar-refractivity contribution is 0.594. The van der Waals surface area contributed by atoms with Crippen LogP contribution in [0.15, 0.2) is 24.3 Å². The van der Waals surface area contributed by atoms with Crippen molar-refractivity contribution in [3.8, 4) is 0 Å². The van der Waals surface area contributed by atoms with E-state index in [-0.39, 0.29) is 28.4 Å². The third kappa shape index (κ3) is 2.27. The van der Waals surface area contributed by atoms with Crippen molar-refractivity contribution in [3.63, 3.8) is 0 Å². The number of nitrogens with two attached hydrogens (primary N) is 1. The molecule has 0 aliphatic heterocycles. The van der Waals surface area contributed by atoms with E-state index >= 15 is 0 Å². The van der Waals surface area contributed by atoms with Gasteiger partial charge < -0.3 is 5.73 Å². The van der Waals surface area contributed by atoms with E-state index in [2.05, 4.69) is 0 Å². The first-order chi connectivity index (χ1) is 8.38. The monoisotopic (exact) mass is 287 g/mol. The molecular weight excluding hydrogens is 273 g/mol. The molecule has 0 heterocycles. The topological polar surface area (TPSA) is 60.2 Å². The van der Waals surface area contributed by atoms with Crippen molar-refractivity contribution in [2.24, 2.45) is 11.7 Å². The summed E-state index contributed by atoms with van der Waals surface area (Å²) in [4.78, 5) is 0.214. The molecule has 1 aliphatic carbocycles. The lowest BCUT2D eigenvalue weighted by atomic mass is 10.1. The molecule has 0 radical (unpaired) electrons. The van der Waals surface area contributed by atoms with Gasteiger partial charge in [0, 0.05) is 17.6 Å². The van der Waals surface area contributed by atoms with E-state index < -0.39 is 15.1 Å². The lowest BCUT2D eigenvalue weighted by Crippen LogP contribution is -2.18. The summed E-state index contributed by atoms with van der Waals surface area (Å²) in [5.74, 6) is -0.835. The molecule has 1 saturated carbocycles. The van der Waals surface area contributed by atoms with Gasteiger partial charge in [-0.2, -0.15) is 0 Å². The molecule has 1 aromatic carbocycles. The molecule has 3 nitrogen and oxygen atoms in total. The molecule has 0 spiro atoms. The predicted molar refractivity (Wildman–Crippen MR) is 72.7 cm³/mol. The number of rotatable bonds is 4. The fourth-order valence-corrected chi connectivity index (χ4v) is 4.55. The summed E-state index contributed by atoms with van der Waals surface area (Å²) in [5, 5.41) is -0.550.